The first-order valence-corrected chi connectivity index (χ1v) is 5.30. The molecule has 0 aliphatic carbocycles. The Kier molecular flexibility index (Phi) is 2.73. The van der Waals surface area contributed by atoms with Gasteiger partial charge in [0.15, 0.2) is 0 Å². The summed E-state index contributed by atoms with van der Waals surface area (Å²) in [5, 5.41) is 0. The maximum absolute atomic E-state index is 6.11. The average Bonchev–Trinajstić information content (AvgIpc) is 2.27. The number of benzene rings is 1. The lowest BCUT2D eigenvalue weighted by molar-refractivity contribution is 0.254. The third-order valence-electron chi connectivity index (χ3n) is 2.99. The van der Waals surface area contributed by atoms with E-state index in [1.807, 2.05) is 12.1 Å². The van der Waals surface area contributed by atoms with E-state index in [1.165, 1.54) is 5.56 Å². The van der Waals surface area contributed by atoms with Crippen molar-refractivity contribution in [1.29, 1.82) is 0 Å². The fraction of sp³-hybridized carbons (Fsp3) is 0.500. The predicted octanol–water partition coefficient (Wildman–Crippen LogP) is 2.29. The van der Waals surface area contributed by atoms with Crippen molar-refractivity contribution < 1.29 is 4.74 Å². The molecular formula is C12H17NO. The molecule has 1 aliphatic rings. The smallest absolute Gasteiger partial charge is 0.122 e. The molecule has 0 bridgehead atoms. The van der Waals surface area contributed by atoms with E-state index in [9.17, 15) is 0 Å². The summed E-state index contributed by atoms with van der Waals surface area (Å²) in [4.78, 5) is 0. The largest absolute Gasteiger partial charge is 0.493 e. The van der Waals surface area contributed by atoms with E-state index < -0.39 is 0 Å². The van der Waals surface area contributed by atoms with Crippen molar-refractivity contribution in [2.24, 2.45) is 5.73 Å². The van der Waals surface area contributed by atoms with Crippen LogP contribution in [0, 0.1) is 0 Å². The van der Waals surface area contributed by atoms with Gasteiger partial charge in [-0.3, -0.25) is 0 Å². The van der Waals surface area contributed by atoms with Crippen LogP contribution in [-0.4, -0.2) is 12.6 Å². The first-order valence-electron chi connectivity index (χ1n) is 5.30. The zero-order chi connectivity index (χ0) is 9.97. The Labute approximate surface area is 85.1 Å². The molecule has 0 fully saturated rings. The molecule has 1 aromatic carbocycles. The second kappa shape index (κ2) is 4.01. The van der Waals surface area contributed by atoms with Crippen molar-refractivity contribution in [1.82, 2.24) is 0 Å². The zero-order valence-electron chi connectivity index (χ0n) is 8.57. The first kappa shape index (κ1) is 9.53. The van der Waals surface area contributed by atoms with Gasteiger partial charge < -0.3 is 10.5 Å². The molecule has 76 valence electrons. The molecule has 2 heteroatoms. The van der Waals surface area contributed by atoms with Gasteiger partial charge in [0, 0.05) is 12.0 Å². The first-order chi connectivity index (χ1) is 6.83. The predicted molar refractivity (Wildman–Crippen MR) is 57.6 cm³/mol. The van der Waals surface area contributed by atoms with E-state index in [4.69, 9.17) is 10.5 Å². The highest BCUT2D eigenvalue weighted by Gasteiger charge is 2.25. The quantitative estimate of drug-likeness (QED) is 0.778. The molecule has 1 heterocycles. The Morgan fingerprint density at radius 3 is 3.07 bits per heavy atom. The maximum Gasteiger partial charge on any atom is 0.122 e. The second-order valence-corrected chi connectivity index (χ2v) is 3.85. The van der Waals surface area contributed by atoms with Gasteiger partial charge in [-0.25, -0.2) is 0 Å². The maximum atomic E-state index is 6.11. The molecule has 0 amide bonds. The van der Waals surface area contributed by atoms with Gasteiger partial charge in [-0.2, -0.15) is 0 Å². The van der Waals surface area contributed by atoms with Crippen LogP contribution in [0.15, 0.2) is 24.3 Å². The van der Waals surface area contributed by atoms with Crippen molar-refractivity contribution >= 4 is 0 Å². The van der Waals surface area contributed by atoms with Crippen LogP contribution in [0.1, 0.15) is 31.2 Å². The summed E-state index contributed by atoms with van der Waals surface area (Å²) in [6.07, 6.45) is 2.07. The highest BCUT2D eigenvalue weighted by atomic mass is 16.5. The van der Waals surface area contributed by atoms with Crippen molar-refractivity contribution in [2.45, 2.75) is 31.7 Å². The van der Waals surface area contributed by atoms with Crippen LogP contribution in [-0.2, 0) is 0 Å². The average molecular weight is 191 g/mol. The standard InChI is InChI=1S/C12H17NO/c1-2-11(13)9-7-8-14-12-6-4-3-5-10(9)12/h3-6,9,11H,2,7-8,13H2,1H3/t9?,11-/m1/s1. The van der Waals surface area contributed by atoms with E-state index in [0.29, 0.717) is 5.92 Å². The van der Waals surface area contributed by atoms with Crippen LogP contribution >= 0.6 is 0 Å². The number of hydrogen-bond acceptors (Lipinski definition) is 2. The minimum atomic E-state index is 0.264. The van der Waals surface area contributed by atoms with Gasteiger partial charge in [0.1, 0.15) is 5.75 Å². The number of para-hydroxylation sites is 1. The second-order valence-electron chi connectivity index (χ2n) is 3.85. The Bertz CT molecular complexity index is 311. The van der Waals surface area contributed by atoms with E-state index in [-0.39, 0.29) is 6.04 Å². The van der Waals surface area contributed by atoms with Gasteiger partial charge in [0.05, 0.1) is 6.61 Å². The highest BCUT2D eigenvalue weighted by molar-refractivity contribution is 5.38. The molecular weight excluding hydrogens is 174 g/mol. The minimum Gasteiger partial charge on any atom is -0.493 e. The van der Waals surface area contributed by atoms with Crippen molar-refractivity contribution in [3.8, 4) is 5.75 Å². The normalized spacial score (nSPS) is 22.3. The molecule has 0 spiro atoms. The molecule has 0 saturated carbocycles. The fourth-order valence-corrected chi connectivity index (χ4v) is 2.10. The van der Waals surface area contributed by atoms with Crippen LogP contribution in [0.4, 0.5) is 0 Å². The monoisotopic (exact) mass is 191 g/mol. The summed E-state index contributed by atoms with van der Waals surface area (Å²) in [6.45, 7) is 2.94. The topological polar surface area (TPSA) is 35.2 Å². The molecule has 0 radical (unpaired) electrons. The molecule has 1 aliphatic heterocycles. The molecule has 2 atom stereocenters. The van der Waals surface area contributed by atoms with Gasteiger partial charge in [0.25, 0.3) is 0 Å². The van der Waals surface area contributed by atoms with E-state index >= 15 is 0 Å². The summed E-state index contributed by atoms with van der Waals surface area (Å²) in [5.74, 6) is 1.50. The molecule has 0 saturated heterocycles. The summed E-state index contributed by atoms with van der Waals surface area (Å²) >= 11 is 0. The summed E-state index contributed by atoms with van der Waals surface area (Å²) in [7, 11) is 0. The van der Waals surface area contributed by atoms with E-state index in [1.54, 1.807) is 0 Å². The lowest BCUT2D eigenvalue weighted by Gasteiger charge is -2.29. The third kappa shape index (κ3) is 1.62. The number of fused-ring (bicyclic) bond motifs is 1. The molecule has 14 heavy (non-hydrogen) atoms. The third-order valence-corrected chi connectivity index (χ3v) is 2.99. The Morgan fingerprint density at radius 1 is 1.50 bits per heavy atom. The van der Waals surface area contributed by atoms with Crippen LogP contribution < -0.4 is 10.5 Å². The van der Waals surface area contributed by atoms with Crippen LogP contribution in [0.2, 0.25) is 0 Å². The van der Waals surface area contributed by atoms with Gasteiger partial charge >= 0.3 is 0 Å². The number of ether oxygens (including phenoxy) is 1. The fourth-order valence-electron chi connectivity index (χ4n) is 2.10. The van der Waals surface area contributed by atoms with Crippen LogP contribution in [0.5, 0.6) is 5.75 Å². The van der Waals surface area contributed by atoms with Crippen molar-refractivity contribution in [3.63, 3.8) is 0 Å². The SMILES string of the molecule is CC[C@@H](N)C1CCOc2ccccc21. The minimum absolute atomic E-state index is 0.264. The van der Waals surface area contributed by atoms with E-state index in [2.05, 4.69) is 19.1 Å². The Morgan fingerprint density at radius 2 is 2.29 bits per heavy atom. The van der Waals surface area contributed by atoms with Gasteiger partial charge in [-0.1, -0.05) is 25.1 Å². The molecule has 2 nitrogen and oxygen atoms in total. The molecule has 0 aromatic heterocycles. The van der Waals surface area contributed by atoms with Gasteiger partial charge in [-0.15, -0.1) is 0 Å². The van der Waals surface area contributed by atoms with Crippen LogP contribution in [0.3, 0.4) is 0 Å². The van der Waals surface area contributed by atoms with Crippen molar-refractivity contribution in [3.05, 3.63) is 29.8 Å². The van der Waals surface area contributed by atoms with Crippen LogP contribution in [0.25, 0.3) is 0 Å². The van der Waals surface area contributed by atoms with Gasteiger partial charge in [0.2, 0.25) is 0 Å². The Hall–Kier alpha value is -1.02. The molecule has 2 rings (SSSR count). The molecule has 1 unspecified atom stereocenters. The molecule has 1 aromatic rings. The lowest BCUT2D eigenvalue weighted by Crippen LogP contribution is -2.31. The van der Waals surface area contributed by atoms with E-state index in [0.717, 1.165) is 25.2 Å². The highest BCUT2D eigenvalue weighted by Crippen LogP contribution is 2.35. The number of nitrogens with two attached hydrogens (primary N) is 1. The lowest BCUT2D eigenvalue weighted by atomic mass is 9.86. The van der Waals surface area contributed by atoms with Crippen molar-refractivity contribution in [2.75, 3.05) is 6.61 Å². The number of hydrogen-bond donors (Lipinski definition) is 1. The molecule has 2 N–H and O–H groups in total. The summed E-state index contributed by atoms with van der Waals surface area (Å²) in [6, 6.07) is 8.50. The number of rotatable bonds is 2. The summed E-state index contributed by atoms with van der Waals surface area (Å²) in [5.41, 5.74) is 7.39. The Balaban J connectivity index is 2.30. The van der Waals surface area contributed by atoms with Gasteiger partial charge in [-0.05, 0) is 24.5 Å². The zero-order valence-corrected chi connectivity index (χ0v) is 8.57. The summed E-state index contributed by atoms with van der Waals surface area (Å²) < 4.78 is 5.59.